The normalized spacial score (nSPS) is 10.7. The Balaban J connectivity index is 2.34. The summed E-state index contributed by atoms with van der Waals surface area (Å²) in [6, 6.07) is 13.3. The molecule has 1 heterocycles. The SMILES string of the molecule is COc1ccc2[nH]c(-c3ccccc3OC)c(C(C)=O)c2c1. The number of nitrogens with one attached hydrogen (secondary N) is 1. The Bertz CT molecular complexity index is 849. The largest absolute Gasteiger partial charge is 0.497 e. The summed E-state index contributed by atoms with van der Waals surface area (Å²) < 4.78 is 10.7. The van der Waals surface area contributed by atoms with Crippen molar-refractivity contribution in [3.63, 3.8) is 0 Å². The number of carbonyl (C=O) groups is 1. The van der Waals surface area contributed by atoms with Crippen molar-refractivity contribution in [3.8, 4) is 22.8 Å². The van der Waals surface area contributed by atoms with Gasteiger partial charge in [0, 0.05) is 16.5 Å². The summed E-state index contributed by atoms with van der Waals surface area (Å²) in [6.07, 6.45) is 0. The van der Waals surface area contributed by atoms with Crippen molar-refractivity contribution >= 4 is 16.7 Å². The molecule has 0 atom stereocenters. The van der Waals surface area contributed by atoms with Gasteiger partial charge >= 0.3 is 0 Å². The third kappa shape index (κ3) is 2.22. The minimum atomic E-state index is 0.000379. The fourth-order valence-corrected chi connectivity index (χ4v) is 2.72. The van der Waals surface area contributed by atoms with Crippen LogP contribution in [0.15, 0.2) is 42.5 Å². The second-order valence-corrected chi connectivity index (χ2v) is 5.04. The first-order valence-electron chi connectivity index (χ1n) is 6.99. The molecular formula is C18H17NO3. The van der Waals surface area contributed by atoms with E-state index in [1.165, 1.54) is 0 Å². The molecule has 0 fully saturated rings. The average Bonchev–Trinajstić information content (AvgIpc) is 2.93. The zero-order chi connectivity index (χ0) is 15.7. The highest BCUT2D eigenvalue weighted by atomic mass is 16.5. The third-order valence-corrected chi connectivity index (χ3v) is 3.73. The van der Waals surface area contributed by atoms with E-state index < -0.39 is 0 Å². The summed E-state index contributed by atoms with van der Waals surface area (Å²) in [6.45, 7) is 1.57. The number of rotatable bonds is 4. The molecule has 0 saturated carbocycles. The first kappa shape index (κ1) is 14.2. The molecule has 0 unspecified atom stereocenters. The van der Waals surface area contributed by atoms with Gasteiger partial charge in [-0.05, 0) is 37.3 Å². The van der Waals surface area contributed by atoms with Crippen LogP contribution >= 0.6 is 0 Å². The van der Waals surface area contributed by atoms with Gasteiger partial charge in [-0.15, -0.1) is 0 Å². The number of aromatic amines is 1. The van der Waals surface area contributed by atoms with Gasteiger partial charge in [-0.25, -0.2) is 0 Å². The summed E-state index contributed by atoms with van der Waals surface area (Å²) in [5.74, 6) is 1.45. The number of H-pyrrole nitrogens is 1. The van der Waals surface area contributed by atoms with Crippen LogP contribution in [0.2, 0.25) is 0 Å². The monoisotopic (exact) mass is 295 g/mol. The zero-order valence-corrected chi connectivity index (χ0v) is 12.8. The van der Waals surface area contributed by atoms with Gasteiger partial charge < -0.3 is 14.5 Å². The van der Waals surface area contributed by atoms with Crippen LogP contribution in [0.5, 0.6) is 11.5 Å². The number of hydrogen-bond acceptors (Lipinski definition) is 3. The van der Waals surface area contributed by atoms with Crippen LogP contribution in [-0.4, -0.2) is 25.0 Å². The number of fused-ring (bicyclic) bond motifs is 1. The van der Waals surface area contributed by atoms with E-state index in [4.69, 9.17) is 9.47 Å². The molecule has 0 aliphatic heterocycles. The molecule has 2 aromatic carbocycles. The van der Waals surface area contributed by atoms with E-state index in [2.05, 4.69) is 4.98 Å². The second-order valence-electron chi connectivity index (χ2n) is 5.04. The Kier molecular flexibility index (Phi) is 3.59. The van der Waals surface area contributed by atoms with Crippen LogP contribution in [0.3, 0.4) is 0 Å². The first-order chi connectivity index (χ1) is 10.7. The van der Waals surface area contributed by atoms with Crippen molar-refractivity contribution in [1.82, 2.24) is 4.98 Å². The van der Waals surface area contributed by atoms with Gasteiger partial charge in [0.1, 0.15) is 11.5 Å². The maximum absolute atomic E-state index is 12.2. The third-order valence-electron chi connectivity index (χ3n) is 3.73. The highest BCUT2D eigenvalue weighted by molar-refractivity contribution is 6.13. The maximum atomic E-state index is 12.2. The summed E-state index contributed by atoms with van der Waals surface area (Å²) in [5.41, 5.74) is 3.18. The van der Waals surface area contributed by atoms with Crippen LogP contribution in [-0.2, 0) is 0 Å². The Hall–Kier alpha value is -2.75. The number of para-hydroxylation sites is 1. The number of carbonyl (C=O) groups excluding carboxylic acids is 1. The molecule has 0 amide bonds. The van der Waals surface area contributed by atoms with Crippen molar-refractivity contribution in [1.29, 1.82) is 0 Å². The van der Waals surface area contributed by atoms with Gasteiger partial charge in [0.2, 0.25) is 0 Å². The molecule has 0 aliphatic rings. The molecule has 4 nitrogen and oxygen atoms in total. The molecular weight excluding hydrogens is 278 g/mol. The molecule has 0 saturated heterocycles. The van der Waals surface area contributed by atoms with E-state index in [9.17, 15) is 4.79 Å². The molecule has 4 heteroatoms. The molecule has 3 aromatic rings. The summed E-state index contributed by atoms with van der Waals surface area (Å²) in [4.78, 5) is 15.5. The van der Waals surface area contributed by atoms with Gasteiger partial charge in [-0.1, -0.05) is 12.1 Å². The number of methoxy groups -OCH3 is 2. The van der Waals surface area contributed by atoms with Crippen LogP contribution in [0.25, 0.3) is 22.2 Å². The van der Waals surface area contributed by atoms with E-state index in [-0.39, 0.29) is 5.78 Å². The minimum absolute atomic E-state index is 0.000379. The molecule has 1 aromatic heterocycles. The zero-order valence-electron chi connectivity index (χ0n) is 12.8. The fourth-order valence-electron chi connectivity index (χ4n) is 2.72. The van der Waals surface area contributed by atoms with Crippen molar-refractivity contribution in [2.45, 2.75) is 6.92 Å². The molecule has 0 bridgehead atoms. The number of hydrogen-bond donors (Lipinski definition) is 1. The minimum Gasteiger partial charge on any atom is -0.497 e. The van der Waals surface area contributed by atoms with Crippen molar-refractivity contribution in [3.05, 3.63) is 48.0 Å². The fraction of sp³-hybridized carbons (Fsp3) is 0.167. The molecule has 22 heavy (non-hydrogen) atoms. The van der Waals surface area contributed by atoms with E-state index in [0.29, 0.717) is 5.56 Å². The maximum Gasteiger partial charge on any atom is 0.162 e. The number of Topliss-reactive ketones (excluding diaryl/α,β-unsaturated/α-hetero) is 1. The Morgan fingerprint density at radius 1 is 1.05 bits per heavy atom. The van der Waals surface area contributed by atoms with Gasteiger partial charge in [0.15, 0.2) is 5.78 Å². The lowest BCUT2D eigenvalue weighted by Gasteiger charge is -2.08. The predicted octanol–water partition coefficient (Wildman–Crippen LogP) is 4.05. The number of benzene rings is 2. The van der Waals surface area contributed by atoms with E-state index in [1.807, 2.05) is 42.5 Å². The van der Waals surface area contributed by atoms with Gasteiger partial charge in [0.25, 0.3) is 0 Å². The molecule has 0 aliphatic carbocycles. The second kappa shape index (κ2) is 5.56. The van der Waals surface area contributed by atoms with Crippen molar-refractivity contribution in [2.75, 3.05) is 14.2 Å². The number of ether oxygens (including phenoxy) is 2. The average molecular weight is 295 g/mol. The first-order valence-corrected chi connectivity index (χ1v) is 6.99. The smallest absolute Gasteiger partial charge is 0.162 e. The highest BCUT2D eigenvalue weighted by Gasteiger charge is 2.19. The Morgan fingerprint density at radius 2 is 1.82 bits per heavy atom. The van der Waals surface area contributed by atoms with Crippen LogP contribution in [0.4, 0.5) is 0 Å². The lowest BCUT2D eigenvalue weighted by Crippen LogP contribution is -1.96. The van der Waals surface area contributed by atoms with Crippen molar-refractivity contribution < 1.29 is 14.3 Å². The molecule has 0 radical (unpaired) electrons. The Labute approximate surface area is 128 Å². The molecule has 112 valence electrons. The topological polar surface area (TPSA) is 51.3 Å². The summed E-state index contributed by atoms with van der Waals surface area (Å²) >= 11 is 0. The number of aromatic nitrogens is 1. The molecule has 0 spiro atoms. The standard InChI is InChI=1S/C18H17NO3/c1-11(20)17-14-10-12(21-2)8-9-15(14)19-18(17)13-6-4-5-7-16(13)22-3/h4-10,19H,1-3H3. The van der Waals surface area contributed by atoms with Gasteiger partial charge in [-0.3, -0.25) is 4.79 Å². The Morgan fingerprint density at radius 3 is 2.50 bits per heavy atom. The van der Waals surface area contributed by atoms with Gasteiger partial charge in [-0.2, -0.15) is 0 Å². The molecule has 1 N–H and O–H groups in total. The lowest BCUT2D eigenvalue weighted by atomic mass is 10.0. The van der Waals surface area contributed by atoms with Gasteiger partial charge in [0.05, 0.1) is 25.5 Å². The summed E-state index contributed by atoms with van der Waals surface area (Å²) in [5, 5.41) is 0.854. The van der Waals surface area contributed by atoms with E-state index in [0.717, 1.165) is 33.7 Å². The number of ketones is 1. The predicted molar refractivity (Wildman–Crippen MR) is 86.8 cm³/mol. The van der Waals surface area contributed by atoms with E-state index >= 15 is 0 Å². The highest BCUT2D eigenvalue weighted by Crippen LogP contribution is 2.36. The lowest BCUT2D eigenvalue weighted by molar-refractivity contribution is 0.102. The van der Waals surface area contributed by atoms with Crippen LogP contribution < -0.4 is 9.47 Å². The quantitative estimate of drug-likeness (QED) is 0.739. The molecule has 3 rings (SSSR count). The van der Waals surface area contributed by atoms with E-state index in [1.54, 1.807) is 21.1 Å². The summed E-state index contributed by atoms with van der Waals surface area (Å²) in [7, 11) is 3.24. The van der Waals surface area contributed by atoms with Crippen LogP contribution in [0, 0.1) is 0 Å². The van der Waals surface area contributed by atoms with Crippen molar-refractivity contribution in [2.24, 2.45) is 0 Å². The van der Waals surface area contributed by atoms with Crippen LogP contribution in [0.1, 0.15) is 17.3 Å².